The third-order valence-corrected chi connectivity index (χ3v) is 5.14. The fourth-order valence-electron chi connectivity index (χ4n) is 3.28. The quantitative estimate of drug-likeness (QED) is 0.856. The lowest BCUT2D eigenvalue weighted by Crippen LogP contribution is -2.25. The molecule has 122 valence electrons. The number of likely N-dealkylation sites (tertiary alicyclic amines) is 1. The highest BCUT2D eigenvalue weighted by molar-refractivity contribution is 7.08. The number of hydrogen-bond donors (Lipinski definition) is 1. The number of carbonyl (C=O) groups excluding carboxylic acids is 1. The summed E-state index contributed by atoms with van der Waals surface area (Å²) in [6.45, 7) is 4.66. The molecule has 3 rings (SSSR count). The first kappa shape index (κ1) is 16.0. The summed E-state index contributed by atoms with van der Waals surface area (Å²) in [6.07, 6.45) is 0. The summed E-state index contributed by atoms with van der Waals surface area (Å²) in [6, 6.07) is 10.3. The summed E-state index contributed by atoms with van der Waals surface area (Å²) >= 11 is 1.59. The zero-order chi connectivity index (χ0) is 16.2. The number of anilines is 1. The maximum Gasteiger partial charge on any atom is 0.310 e. The van der Waals surface area contributed by atoms with Crippen LogP contribution in [0, 0.1) is 5.92 Å². The van der Waals surface area contributed by atoms with E-state index in [-0.39, 0.29) is 17.8 Å². The molecule has 0 unspecified atom stereocenters. The Balaban J connectivity index is 1.79. The maximum atomic E-state index is 12.4. The molecule has 23 heavy (non-hydrogen) atoms. The number of rotatable bonds is 5. The number of carbonyl (C=O) groups is 1. The van der Waals surface area contributed by atoms with Crippen LogP contribution in [0.3, 0.4) is 0 Å². The lowest BCUT2D eigenvalue weighted by atomic mass is 9.90. The van der Waals surface area contributed by atoms with Crippen molar-refractivity contribution in [2.75, 3.05) is 25.4 Å². The Hall–Kier alpha value is -1.85. The predicted molar refractivity (Wildman–Crippen MR) is 93.3 cm³/mol. The molecule has 1 fully saturated rings. The van der Waals surface area contributed by atoms with Gasteiger partial charge in [-0.1, -0.05) is 30.3 Å². The normalized spacial score (nSPS) is 21.4. The van der Waals surface area contributed by atoms with E-state index in [0.717, 1.165) is 24.3 Å². The van der Waals surface area contributed by atoms with E-state index in [4.69, 9.17) is 10.5 Å². The molecule has 0 spiro atoms. The summed E-state index contributed by atoms with van der Waals surface area (Å²) < 4.78 is 5.29. The van der Waals surface area contributed by atoms with E-state index >= 15 is 0 Å². The zero-order valence-corrected chi connectivity index (χ0v) is 14.1. The molecule has 1 aromatic heterocycles. The van der Waals surface area contributed by atoms with Crippen LogP contribution in [0.1, 0.15) is 24.0 Å². The molecule has 2 N–H and O–H groups in total. The van der Waals surface area contributed by atoms with Gasteiger partial charge in [0.1, 0.15) is 0 Å². The van der Waals surface area contributed by atoms with E-state index in [1.807, 2.05) is 30.5 Å². The van der Waals surface area contributed by atoms with Crippen LogP contribution in [-0.4, -0.2) is 30.6 Å². The van der Waals surface area contributed by atoms with Gasteiger partial charge < -0.3 is 10.5 Å². The fourth-order valence-corrected chi connectivity index (χ4v) is 4.09. The van der Waals surface area contributed by atoms with Crippen molar-refractivity contribution in [2.24, 2.45) is 5.92 Å². The molecule has 0 saturated carbocycles. The first-order chi connectivity index (χ1) is 11.2. The minimum Gasteiger partial charge on any atom is -0.466 e. The number of nitrogen functional groups attached to an aromatic ring is 1. The van der Waals surface area contributed by atoms with Crippen LogP contribution in [0.4, 0.5) is 5.69 Å². The minimum atomic E-state index is -0.143. The van der Waals surface area contributed by atoms with Gasteiger partial charge in [0.05, 0.1) is 12.5 Å². The monoisotopic (exact) mass is 330 g/mol. The Morgan fingerprint density at radius 1 is 1.30 bits per heavy atom. The SMILES string of the molecule is CCOC(=O)[C@@H]1CN(Cc2ccccc2)C[C@H]1c1cscc1N. The number of thiophene rings is 1. The molecule has 2 atom stereocenters. The van der Waals surface area contributed by atoms with Gasteiger partial charge in [-0.25, -0.2) is 0 Å². The number of benzene rings is 1. The molecule has 1 saturated heterocycles. The van der Waals surface area contributed by atoms with Crippen molar-refractivity contribution in [2.45, 2.75) is 19.4 Å². The van der Waals surface area contributed by atoms with Gasteiger partial charge >= 0.3 is 5.97 Å². The molecule has 0 radical (unpaired) electrons. The largest absolute Gasteiger partial charge is 0.466 e. The molecule has 1 aliphatic rings. The van der Waals surface area contributed by atoms with E-state index in [0.29, 0.717) is 13.2 Å². The van der Waals surface area contributed by atoms with Crippen molar-refractivity contribution in [3.05, 3.63) is 52.2 Å². The van der Waals surface area contributed by atoms with Crippen LogP contribution < -0.4 is 5.73 Å². The second-order valence-electron chi connectivity index (χ2n) is 5.93. The Morgan fingerprint density at radius 2 is 2.09 bits per heavy atom. The highest BCUT2D eigenvalue weighted by atomic mass is 32.1. The zero-order valence-electron chi connectivity index (χ0n) is 13.3. The number of esters is 1. The predicted octanol–water partition coefficient (Wildman–Crippen LogP) is 3.11. The number of hydrogen-bond acceptors (Lipinski definition) is 5. The van der Waals surface area contributed by atoms with E-state index in [1.54, 1.807) is 11.3 Å². The molecule has 0 amide bonds. The van der Waals surface area contributed by atoms with Crippen molar-refractivity contribution >= 4 is 23.0 Å². The molecule has 0 bridgehead atoms. The second kappa shape index (κ2) is 7.15. The average molecular weight is 330 g/mol. The molecule has 2 aromatic rings. The van der Waals surface area contributed by atoms with Crippen molar-refractivity contribution < 1.29 is 9.53 Å². The van der Waals surface area contributed by atoms with Gasteiger partial charge in [-0.05, 0) is 23.4 Å². The molecule has 2 heterocycles. The number of nitrogens with two attached hydrogens (primary N) is 1. The molecular formula is C18H22N2O2S. The van der Waals surface area contributed by atoms with Gasteiger partial charge in [-0.3, -0.25) is 9.69 Å². The Morgan fingerprint density at radius 3 is 2.74 bits per heavy atom. The van der Waals surface area contributed by atoms with Crippen molar-refractivity contribution in [1.29, 1.82) is 0 Å². The highest BCUT2D eigenvalue weighted by Gasteiger charge is 2.40. The lowest BCUT2D eigenvalue weighted by Gasteiger charge is -2.16. The standard InChI is InChI=1S/C18H22N2O2S/c1-2-22-18(21)15-10-20(8-13-6-4-3-5-7-13)9-14(15)16-11-23-12-17(16)19/h3-7,11-12,14-15H,2,8-10,19H2,1H3/t14-,15-/m1/s1. The van der Waals surface area contributed by atoms with E-state index < -0.39 is 0 Å². The topological polar surface area (TPSA) is 55.6 Å². The van der Waals surface area contributed by atoms with Crippen LogP contribution in [-0.2, 0) is 16.1 Å². The fraction of sp³-hybridized carbons (Fsp3) is 0.389. The summed E-state index contributed by atoms with van der Waals surface area (Å²) in [5, 5.41) is 4.01. The van der Waals surface area contributed by atoms with Gasteiger partial charge in [0, 0.05) is 36.6 Å². The van der Waals surface area contributed by atoms with Crippen molar-refractivity contribution in [3.8, 4) is 0 Å². The van der Waals surface area contributed by atoms with Crippen LogP contribution in [0.2, 0.25) is 0 Å². The maximum absolute atomic E-state index is 12.4. The Kier molecular flexibility index (Phi) is 4.98. The van der Waals surface area contributed by atoms with Crippen molar-refractivity contribution in [3.63, 3.8) is 0 Å². The Labute approximate surface area is 140 Å². The Bertz CT molecular complexity index is 656. The van der Waals surface area contributed by atoms with Gasteiger partial charge in [0.15, 0.2) is 0 Å². The third-order valence-electron chi connectivity index (χ3n) is 4.36. The van der Waals surface area contributed by atoms with E-state index in [9.17, 15) is 4.79 Å². The molecular weight excluding hydrogens is 308 g/mol. The minimum absolute atomic E-state index is 0.112. The molecule has 4 nitrogen and oxygen atoms in total. The summed E-state index contributed by atoms with van der Waals surface area (Å²) in [4.78, 5) is 14.7. The van der Waals surface area contributed by atoms with Crippen LogP contribution in [0.25, 0.3) is 0 Å². The number of ether oxygens (including phenoxy) is 1. The molecule has 1 aliphatic heterocycles. The molecule has 1 aromatic carbocycles. The summed E-state index contributed by atoms with van der Waals surface area (Å²) in [7, 11) is 0. The third kappa shape index (κ3) is 3.57. The second-order valence-corrected chi connectivity index (χ2v) is 6.67. The first-order valence-corrected chi connectivity index (χ1v) is 8.87. The van der Waals surface area contributed by atoms with Gasteiger partial charge in [-0.15, -0.1) is 11.3 Å². The van der Waals surface area contributed by atoms with E-state index in [2.05, 4.69) is 22.4 Å². The smallest absolute Gasteiger partial charge is 0.310 e. The van der Waals surface area contributed by atoms with Crippen molar-refractivity contribution in [1.82, 2.24) is 4.90 Å². The van der Waals surface area contributed by atoms with Crippen LogP contribution in [0.15, 0.2) is 41.1 Å². The first-order valence-electron chi connectivity index (χ1n) is 7.93. The van der Waals surface area contributed by atoms with Crippen LogP contribution >= 0.6 is 11.3 Å². The lowest BCUT2D eigenvalue weighted by molar-refractivity contribution is -0.148. The van der Waals surface area contributed by atoms with Crippen LogP contribution in [0.5, 0.6) is 0 Å². The van der Waals surface area contributed by atoms with Gasteiger partial charge in [0.2, 0.25) is 0 Å². The summed E-state index contributed by atoms with van der Waals surface area (Å²) in [5.41, 5.74) is 9.23. The molecule has 0 aliphatic carbocycles. The highest BCUT2D eigenvalue weighted by Crippen LogP contribution is 2.38. The average Bonchev–Trinajstić information content (AvgIpc) is 3.14. The van der Waals surface area contributed by atoms with E-state index in [1.165, 1.54) is 5.56 Å². The summed E-state index contributed by atoms with van der Waals surface area (Å²) in [5.74, 6) is -0.141. The molecule has 5 heteroatoms. The number of nitrogens with zero attached hydrogens (tertiary/aromatic N) is 1. The van der Waals surface area contributed by atoms with Gasteiger partial charge in [0.25, 0.3) is 0 Å². The van der Waals surface area contributed by atoms with Gasteiger partial charge in [-0.2, -0.15) is 0 Å².